The van der Waals surface area contributed by atoms with Crippen LogP contribution in [0.15, 0.2) is 48.5 Å². The Kier molecular flexibility index (Phi) is 5.25. The van der Waals surface area contributed by atoms with Crippen molar-refractivity contribution in [2.75, 3.05) is 20.3 Å². The van der Waals surface area contributed by atoms with Crippen molar-refractivity contribution in [1.82, 2.24) is 15.1 Å². The monoisotopic (exact) mass is 391 g/mol. The number of aromatic nitrogens is 2. The molecular formula is C23H25N3O3. The molecule has 0 radical (unpaired) electrons. The first kappa shape index (κ1) is 19.1. The molecule has 2 heterocycles. The van der Waals surface area contributed by atoms with E-state index in [0.29, 0.717) is 18.8 Å². The summed E-state index contributed by atoms with van der Waals surface area (Å²) in [7, 11) is 1.64. The summed E-state index contributed by atoms with van der Waals surface area (Å²) in [6, 6.07) is 15.5. The number of H-pyrrole nitrogens is 1. The highest BCUT2D eigenvalue weighted by atomic mass is 16.5. The van der Waals surface area contributed by atoms with Gasteiger partial charge in [-0.15, -0.1) is 0 Å². The molecule has 2 aromatic carbocycles. The fourth-order valence-electron chi connectivity index (χ4n) is 3.92. The van der Waals surface area contributed by atoms with E-state index < -0.39 is 0 Å². The summed E-state index contributed by atoms with van der Waals surface area (Å²) in [5, 5.41) is 7.49. The minimum atomic E-state index is -0.200. The number of amides is 1. The molecule has 1 aliphatic rings. The Morgan fingerprint density at radius 3 is 2.59 bits per heavy atom. The number of ether oxygens (including phenoxy) is 2. The van der Waals surface area contributed by atoms with Crippen LogP contribution in [0.4, 0.5) is 0 Å². The smallest absolute Gasteiger partial charge is 0.273 e. The first-order valence-electron chi connectivity index (χ1n) is 9.94. The summed E-state index contributed by atoms with van der Waals surface area (Å²) in [4.78, 5) is 15.0. The molecule has 4 rings (SSSR count). The molecular weight excluding hydrogens is 366 g/mol. The molecule has 6 heteroatoms. The standard InChI is InChI=1S/C23H25N3O3/c1-4-13-26-22(16-7-6-8-18(14-16)29-5-2)19-20(24-25-21(19)23(26)27)15-9-11-17(28-3)12-10-15/h6-12,14,22H,4-5,13H2,1-3H3,(H,24,25). The van der Waals surface area contributed by atoms with Crippen molar-refractivity contribution in [3.05, 3.63) is 65.4 Å². The lowest BCUT2D eigenvalue weighted by Gasteiger charge is -2.26. The number of fused-ring (bicyclic) bond motifs is 1. The number of carbonyl (C=O) groups excluding carboxylic acids is 1. The second-order valence-electron chi connectivity index (χ2n) is 7.00. The molecule has 0 saturated carbocycles. The van der Waals surface area contributed by atoms with Crippen LogP contribution in [0, 0.1) is 0 Å². The van der Waals surface area contributed by atoms with Gasteiger partial charge in [0, 0.05) is 17.7 Å². The lowest BCUT2D eigenvalue weighted by molar-refractivity contribution is 0.0743. The van der Waals surface area contributed by atoms with Crippen LogP contribution in [-0.4, -0.2) is 41.3 Å². The van der Waals surface area contributed by atoms with Gasteiger partial charge in [0.15, 0.2) is 0 Å². The van der Waals surface area contributed by atoms with Crippen molar-refractivity contribution in [2.45, 2.75) is 26.3 Å². The maximum Gasteiger partial charge on any atom is 0.273 e. The van der Waals surface area contributed by atoms with Crippen molar-refractivity contribution in [3.8, 4) is 22.8 Å². The van der Waals surface area contributed by atoms with Crippen molar-refractivity contribution >= 4 is 5.91 Å². The molecule has 0 spiro atoms. The van der Waals surface area contributed by atoms with Crippen molar-refractivity contribution in [3.63, 3.8) is 0 Å². The minimum Gasteiger partial charge on any atom is -0.497 e. The van der Waals surface area contributed by atoms with E-state index in [1.165, 1.54) is 0 Å². The van der Waals surface area contributed by atoms with Crippen LogP contribution in [0.1, 0.15) is 47.9 Å². The largest absolute Gasteiger partial charge is 0.497 e. The number of aromatic amines is 1. The van der Waals surface area contributed by atoms with Crippen molar-refractivity contribution in [2.24, 2.45) is 0 Å². The molecule has 1 aromatic heterocycles. The topological polar surface area (TPSA) is 67.5 Å². The summed E-state index contributed by atoms with van der Waals surface area (Å²) in [6.45, 7) is 5.31. The fraction of sp³-hybridized carbons (Fsp3) is 0.304. The highest BCUT2D eigenvalue weighted by Crippen LogP contribution is 2.43. The first-order valence-corrected chi connectivity index (χ1v) is 9.94. The third-order valence-electron chi connectivity index (χ3n) is 5.18. The fourth-order valence-corrected chi connectivity index (χ4v) is 3.92. The molecule has 0 aliphatic carbocycles. The molecule has 0 bridgehead atoms. The Labute approximate surface area is 170 Å². The van der Waals surface area contributed by atoms with Gasteiger partial charge in [0.1, 0.15) is 17.2 Å². The molecule has 6 nitrogen and oxygen atoms in total. The molecule has 1 aliphatic heterocycles. The van der Waals surface area contributed by atoms with Crippen LogP contribution in [0.5, 0.6) is 11.5 Å². The Morgan fingerprint density at radius 2 is 1.90 bits per heavy atom. The summed E-state index contributed by atoms with van der Waals surface area (Å²) in [5.41, 5.74) is 4.24. The van der Waals surface area contributed by atoms with Crippen LogP contribution in [0.2, 0.25) is 0 Å². The third-order valence-corrected chi connectivity index (χ3v) is 5.18. The Morgan fingerprint density at radius 1 is 1.10 bits per heavy atom. The van der Waals surface area contributed by atoms with E-state index in [0.717, 1.165) is 40.3 Å². The number of carbonyl (C=O) groups is 1. The predicted molar refractivity (Wildman–Crippen MR) is 111 cm³/mol. The van der Waals surface area contributed by atoms with E-state index in [1.54, 1.807) is 7.11 Å². The second kappa shape index (κ2) is 7.99. The molecule has 1 unspecified atom stereocenters. The maximum absolute atomic E-state index is 13.1. The van der Waals surface area contributed by atoms with Gasteiger partial charge in [0.05, 0.1) is 25.5 Å². The van der Waals surface area contributed by atoms with Crippen molar-refractivity contribution < 1.29 is 14.3 Å². The average molecular weight is 391 g/mol. The number of nitrogens with one attached hydrogen (secondary N) is 1. The van der Waals surface area contributed by atoms with E-state index in [-0.39, 0.29) is 11.9 Å². The van der Waals surface area contributed by atoms with Gasteiger partial charge in [-0.3, -0.25) is 9.89 Å². The van der Waals surface area contributed by atoms with E-state index in [2.05, 4.69) is 17.1 Å². The molecule has 3 aromatic rings. The first-order chi connectivity index (χ1) is 14.2. The number of nitrogens with zero attached hydrogens (tertiary/aromatic N) is 2. The maximum atomic E-state index is 13.1. The number of methoxy groups -OCH3 is 1. The summed E-state index contributed by atoms with van der Waals surface area (Å²) in [6.07, 6.45) is 0.878. The third kappa shape index (κ3) is 3.35. The van der Waals surface area contributed by atoms with Crippen LogP contribution < -0.4 is 9.47 Å². The van der Waals surface area contributed by atoms with E-state index in [4.69, 9.17) is 9.47 Å². The zero-order valence-electron chi connectivity index (χ0n) is 16.9. The second-order valence-corrected chi connectivity index (χ2v) is 7.00. The van der Waals surface area contributed by atoms with Crippen LogP contribution in [0.3, 0.4) is 0 Å². The molecule has 150 valence electrons. The van der Waals surface area contributed by atoms with Gasteiger partial charge in [-0.1, -0.05) is 19.1 Å². The zero-order valence-corrected chi connectivity index (χ0v) is 16.9. The van der Waals surface area contributed by atoms with Gasteiger partial charge in [-0.2, -0.15) is 5.10 Å². The Bertz CT molecular complexity index is 1010. The van der Waals surface area contributed by atoms with E-state index in [9.17, 15) is 4.79 Å². The highest BCUT2D eigenvalue weighted by Gasteiger charge is 2.41. The normalized spacial score (nSPS) is 15.5. The van der Waals surface area contributed by atoms with Gasteiger partial charge in [0.2, 0.25) is 0 Å². The summed E-state index contributed by atoms with van der Waals surface area (Å²) in [5.74, 6) is 1.57. The highest BCUT2D eigenvalue weighted by molar-refractivity contribution is 6.00. The number of hydrogen-bond acceptors (Lipinski definition) is 4. The molecule has 0 fully saturated rings. The lowest BCUT2D eigenvalue weighted by atomic mass is 9.96. The van der Waals surface area contributed by atoms with Gasteiger partial charge in [0.25, 0.3) is 5.91 Å². The molecule has 1 amide bonds. The Hall–Kier alpha value is -3.28. The minimum absolute atomic E-state index is 0.0130. The van der Waals surface area contributed by atoms with Gasteiger partial charge in [-0.25, -0.2) is 0 Å². The lowest BCUT2D eigenvalue weighted by Crippen LogP contribution is -2.30. The Balaban J connectivity index is 1.83. The molecule has 29 heavy (non-hydrogen) atoms. The number of hydrogen-bond donors (Lipinski definition) is 1. The summed E-state index contributed by atoms with van der Waals surface area (Å²) < 4.78 is 11.0. The van der Waals surface area contributed by atoms with Gasteiger partial charge in [-0.05, 0) is 55.3 Å². The van der Waals surface area contributed by atoms with Crippen LogP contribution in [-0.2, 0) is 0 Å². The zero-order chi connectivity index (χ0) is 20.4. The number of benzene rings is 2. The van der Waals surface area contributed by atoms with Crippen LogP contribution in [0.25, 0.3) is 11.3 Å². The average Bonchev–Trinajstić information content (AvgIpc) is 3.28. The van der Waals surface area contributed by atoms with Gasteiger partial charge < -0.3 is 14.4 Å². The summed E-state index contributed by atoms with van der Waals surface area (Å²) >= 11 is 0. The quantitative estimate of drug-likeness (QED) is 0.647. The number of rotatable bonds is 7. The predicted octanol–water partition coefficient (Wildman–Crippen LogP) is 4.44. The van der Waals surface area contributed by atoms with E-state index in [1.807, 2.05) is 60.4 Å². The van der Waals surface area contributed by atoms with Crippen LogP contribution >= 0.6 is 0 Å². The molecule has 1 atom stereocenters. The molecule has 0 saturated heterocycles. The van der Waals surface area contributed by atoms with E-state index >= 15 is 0 Å². The molecule has 1 N–H and O–H groups in total. The SMILES string of the molecule is CCCN1C(=O)c2[nH]nc(-c3ccc(OC)cc3)c2C1c1cccc(OCC)c1. The van der Waals surface area contributed by atoms with Crippen molar-refractivity contribution in [1.29, 1.82) is 0 Å². The van der Waals surface area contributed by atoms with Gasteiger partial charge >= 0.3 is 0 Å².